The van der Waals surface area contributed by atoms with Crippen LogP contribution in [0.4, 0.5) is 0 Å². The predicted octanol–water partition coefficient (Wildman–Crippen LogP) is 3.38. The molecule has 5 heteroatoms. The van der Waals surface area contributed by atoms with Crippen molar-refractivity contribution in [3.8, 4) is 0 Å². The van der Waals surface area contributed by atoms with Crippen LogP contribution >= 0.6 is 17.9 Å². The Labute approximate surface area is 85.4 Å². The monoisotopic (exact) mass is 228 g/mol. The molecule has 0 aliphatic heterocycles. The lowest BCUT2D eigenvalue weighted by atomic mass is 10.4. The van der Waals surface area contributed by atoms with Crippen molar-refractivity contribution >= 4 is 29.7 Å². The van der Waals surface area contributed by atoms with Gasteiger partial charge in [0, 0.05) is 0 Å². The molecule has 0 bridgehead atoms. The second-order valence-corrected chi connectivity index (χ2v) is 8.05. The van der Waals surface area contributed by atoms with Gasteiger partial charge >= 0.3 is 0 Å². The Morgan fingerprint density at radius 1 is 1.50 bits per heavy atom. The molecule has 0 aromatic rings. The zero-order valence-electron chi connectivity index (χ0n) is 7.82. The maximum absolute atomic E-state index is 5.35. The van der Waals surface area contributed by atoms with Gasteiger partial charge in [-0.15, -0.1) is 0 Å². The highest BCUT2D eigenvalue weighted by atomic mass is 32.9. The predicted molar refractivity (Wildman–Crippen MR) is 60.4 cm³/mol. The molecule has 0 rings (SSSR count). The molecule has 1 unspecified atom stereocenters. The van der Waals surface area contributed by atoms with Crippen molar-refractivity contribution in [2.75, 3.05) is 6.61 Å². The van der Waals surface area contributed by atoms with Crippen LogP contribution in [-0.4, -0.2) is 12.7 Å². The van der Waals surface area contributed by atoms with Crippen LogP contribution in [-0.2, 0) is 20.9 Å². The van der Waals surface area contributed by atoms with Crippen molar-refractivity contribution in [1.29, 1.82) is 0 Å². The first kappa shape index (κ1) is 12.9. The van der Waals surface area contributed by atoms with Gasteiger partial charge in [-0.3, -0.25) is 0 Å². The third-order valence-corrected chi connectivity index (χ3v) is 3.50. The summed E-state index contributed by atoms with van der Waals surface area (Å²) in [6, 6.07) is 0. The van der Waals surface area contributed by atoms with E-state index in [0.717, 1.165) is 12.8 Å². The lowest BCUT2D eigenvalue weighted by molar-refractivity contribution is 0.213. The maximum atomic E-state index is 5.35. The van der Waals surface area contributed by atoms with Gasteiger partial charge in [0.2, 0.25) is 5.69 Å². The second kappa shape index (κ2) is 6.39. The number of rotatable bonds is 6. The van der Waals surface area contributed by atoms with Crippen LogP contribution < -0.4 is 0 Å². The molecule has 0 spiro atoms. The number of hydrogen-bond acceptors (Lipinski definition) is 3. The van der Waals surface area contributed by atoms with E-state index in [9.17, 15) is 0 Å². The molecule has 0 aromatic carbocycles. The lowest BCUT2D eigenvalue weighted by Crippen LogP contribution is -2.00. The molecule has 0 aliphatic rings. The van der Waals surface area contributed by atoms with Crippen LogP contribution in [0, 0.1) is 0 Å². The highest BCUT2D eigenvalue weighted by Crippen LogP contribution is 2.54. The standard InChI is InChI=1S/C7H17O2PS2/c1-4-5-6-8-10(11,12)9-7(2)3/h7H,4-6H2,1-3H3,(H,11,12). The van der Waals surface area contributed by atoms with Gasteiger partial charge in [-0.25, -0.2) is 0 Å². The van der Waals surface area contributed by atoms with Crippen molar-refractivity contribution < 1.29 is 9.05 Å². The van der Waals surface area contributed by atoms with Crippen molar-refractivity contribution in [3.63, 3.8) is 0 Å². The minimum absolute atomic E-state index is 0.0926. The lowest BCUT2D eigenvalue weighted by Gasteiger charge is -2.18. The third-order valence-electron chi connectivity index (χ3n) is 1.10. The number of hydrogen-bond donors (Lipinski definition) is 1. The molecule has 0 N–H and O–H groups in total. The number of thiol groups is 1. The minimum atomic E-state index is -2.25. The van der Waals surface area contributed by atoms with E-state index < -0.39 is 5.69 Å². The zero-order valence-corrected chi connectivity index (χ0v) is 10.4. The van der Waals surface area contributed by atoms with Crippen molar-refractivity contribution in [1.82, 2.24) is 0 Å². The van der Waals surface area contributed by atoms with Gasteiger partial charge in [0.1, 0.15) is 0 Å². The molecule has 0 aromatic heterocycles. The van der Waals surface area contributed by atoms with Crippen molar-refractivity contribution in [3.05, 3.63) is 0 Å². The molecule has 2 nitrogen and oxygen atoms in total. The summed E-state index contributed by atoms with van der Waals surface area (Å²) in [6.45, 7) is 6.62. The van der Waals surface area contributed by atoms with Crippen molar-refractivity contribution in [2.45, 2.75) is 39.7 Å². The summed E-state index contributed by atoms with van der Waals surface area (Å²) in [5, 5.41) is 0. The van der Waals surface area contributed by atoms with Crippen LogP contribution in [0.15, 0.2) is 0 Å². The molecule has 0 aliphatic carbocycles. The molecule has 0 saturated carbocycles. The molecular formula is C7H17O2PS2. The van der Waals surface area contributed by atoms with Gasteiger partial charge in [-0.1, -0.05) is 25.6 Å². The van der Waals surface area contributed by atoms with Crippen molar-refractivity contribution in [2.24, 2.45) is 0 Å². The zero-order chi connectivity index (χ0) is 9.61. The largest absolute Gasteiger partial charge is 0.322 e. The molecule has 74 valence electrons. The first-order valence-electron chi connectivity index (χ1n) is 4.13. The first-order valence-corrected chi connectivity index (χ1v) is 7.92. The minimum Gasteiger partial charge on any atom is -0.322 e. The molecule has 12 heavy (non-hydrogen) atoms. The van der Waals surface area contributed by atoms with Crippen LogP contribution in [0.25, 0.3) is 0 Å². The topological polar surface area (TPSA) is 18.5 Å². The maximum Gasteiger partial charge on any atom is 0.244 e. The smallest absolute Gasteiger partial charge is 0.244 e. The van der Waals surface area contributed by atoms with E-state index in [4.69, 9.17) is 20.9 Å². The summed E-state index contributed by atoms with van der Waals surface area (Å²) in [5.74, 6) is 0. The van der Waals surface area contributed by atoms with E-state index in [1.807, 2.05) is 13.8 Å². The Morgan fingerprint density at radius 3 is 2.50 bits per heavy atom. The molecule has 0 amide bonds. The van der Waals surface area contributed by atoms with E-state index in [2.05, 4.69) is 19.2 Å². The Balaban J connectivity index is 3.64. The van der Waals surface area contributed by atoms with Crippen LogP contribution in [0.1, 0.15) is 33.6 Å². The Morgan fingerprint density at radius 2 is 2.08 bits per heavy atom. The van der Waals surface area contributed by atoms with E-state index in [1.54, 1.807) is 0 Å². The van der Waals surface area contributed by atoms with Gasteiger partial charge < -0.3 is 9.05 Å². The fourth-order valence-corrected chi connectivity index (χ4v) is 3.13. The third kappa shape index (κ3) is 7.56. The molecule has 1 atom stereocenters. The quantitative estimate of drug-likeness (QED) is 0.427. The van der Waals surface area contributed by atoms with E-state index in [1.165, 1.54) is 0 Å². The average molecular weight is 228 g/mol. The van der Waals surface area contributed by atoms with Crippen LogP contribution in [0.3, 0.4) is 0 Å². The molecule has 0 heterocycles. The molecule has 0 saturated heterocycles. The highest BCUT2D eigenvalue weighted by Gasteiger charge is 2.14. The summed E-state index contributed by atoms with van der Waals surface area (Å²) >= 11 is 9.24. The van der Waals surface area contributed by atoms with Gasteiger partial charge in [-0.2, -0.15) is 0 Å². The second-order valence-electron chi connectivity index (χ2n) is 2.81. The van der Waals surface area contributed by atoms with Gasteiger partial charge in [0.25, 0.3) is 0 Å². The highest BCUT2D eigenvalue weighted by molar-refractivity contribution is 8.60. The molecule has 0 radical (unpaired) electrons. The van der Waals surface area contributed by atoms with Crippen LogP contribution in [0.5, 0.6) is 0 Å². The van der Waals surface area contributed by atoms with Gasteiger partial charge in [0.15, 0.2) is 0 Å². The van der Waals surface area contributed by atoms with E-state index >= 15 is 0 Å². The van der Waals surface area contributed by atoms with Gasteiger partial charge in [0.05, 0.1) is 12.7 Å². The summed E-state index contributed by atoms with van der Waals surface area (Å²) < 4.78 is 10.7. The Kier molecular flexibility index (Phi) is 6.87. The van der Waals surface area contributed by atoms with Gasteiger partial charge in [-0.05, 0) is 32.1 Å². The van der Waals surface area contributed by atoms with E-state index in [0.29, 0.717) is 6.61 Å². The normalized spacial score (nSPS) is 16.4. The van der Waals surface area contributed by atoms with E-state index in [-0.39, 0.29) is 6.10 Å². The summed E-state index contributed by atoms with van der Waals surface area (Å²) in [4.78, 5) is 0. The molecular weight excluding hydrogens is 211 g/mol. The first-order chi connectivity index (χ1) is 5.48. The fraction of sp³-hybridized carbons (Fsp3) is 1.00. The Hall–Kier alpha value is 0.920. The SMILES string of the molecule is CCCCOP(=S)(S)OC(C)C. The summed E-state index contributed by atoms with van der Waals surface area (Å²) in [7, 11) is 0. The van der Waals surface area contributed by atoms with Crippen LogP contribution in [0.2, 0.25) is 0 Å². The average Bonchev–Trinajstić information content (AvgIpc) is 1.84. The fourth-order valence-electron chi connectivity index (χ4n) is 0.621. The molecule has 0 fully saturated rings. The summed E-state index contributed by atoms with van der Waals surface area (Å²) in [5.41, 5.74) is -2.25. The Bertz CT molecular complexity index is 161. The summed E-state index contributed by atoms with van der Waals surface area (Å²) in [6.07, 6.45) is 2.21. The number of unbranched alkanes of at least 4 members (excludes halogenated alkanes) is 1.